The summed E-state index contributed by atoms with van der Waals surface area (Å²) in [7, 11) is 1.87. The minimum absolute atomic E-state index is 0.164. The Labute approximate surface area is 129 Å². The van der Waals surface area contributed by atoms with Crippen molar-refractivity contribution in [3.8, 4) is 10.7 Å². The lowest BCUT2D eigenvalue weighted by Crippen LogP contribution is -2.21. The van der Waals surface area contributed by atoms with Gasteiger partial charge < -0.3 is 0 Å². The quantitative estimate of drug-likeness (QED) is 0.573. The molecule has 0 unspecified atom stereocenters. The molecule has 0 atom stereocenters. The Morgan fingerprint density at radius 3 is 2.86 bits per heavy atom. The zero-order chi connectivity index (χ0) is 15.1. The van der Waals surface area contributed by atoms with Crippen molar-refractivity contribution in [1.82, 2.24) is 28.9 Å². The third-order valence-electron chi connectivity index (χ3n) is 3.28. The number of aromatic nitrogens is 6. The minimum atomic E-state index is -0.164. The van der Waals surface area contributed by atoms with Crippen molar-refractivity contribution in [2.45, 2.75) is 6.54 Å². The van der Waals surface area contributed by atoms with E-state index in [1.807, 2.05) is 36.8 Å². The lowest BCUT2D eigenvalue weighted by Gasteiger charge is -1.94. The molecule has 4 heterocycles. The van der Waals surface area contributed by atoms with E-state index in [4.69, 9.17) is 0 Å². The normalized spacial score (nSPS) is 11.3. The van der Waals surface area contributed by atoms with Crippen LogP contribution in [0.4, 0.5) is 0 Å². The van der Waals surface area contributed by atoms with E-state index < -0.39 is 0 Å². The number of hydrogen-bond donors (Lipinski definition) is 0. The third kappa shape index (κ3) is 2.13. The number of rotatable bonds is 3. The summed E-state index contributed by atoms with van der Waals surface area (Å²) in [5.41, 5.74) is 2.10. The minimum Gasteiger partial charge on any atom is -0.275 e. The Balaban J connectivity index is 1.67. The van der Waals surface area contributed by atoms with Crippen LogP contribution in [-0.2, 0) is 13.6 Å². The van der Waals surface area contributed by atoms with Gasteiger partial charge in [0, 0.05) is 24.8 Å². The Morgan fingerprint density at radius 1 is 1.18 bits per heavy atom. The highest BCUT2D eigenvalue weighted by molar-refractivity contribution is 7.13. The van der Waals surface area contributed by atoms with Gasteiger partial charge >= 0.3 is 5.69 Å². The van der Waals surface area contributed by atoms with Crippen LogP contribution in [0.25, 0.3) is 16.3 Å². The highest BCUT2D eigenvalue weighted by atomic mass is 32.1. The van der Waals surface area contributed by atoms with E-state index in [-0.39, 0.29) is 5.69 Å². The molecule has 4 aromatic heterocycles. The Hall–Kier alpha value is -2.74. The predicted molar refractivity (Wildman–Crippen MR) is 82.9 cm³/mol. The number of thiazole rings is 1. The van der Waals surface area contributed by atoms with Crippen LogP contribution in [0.1, 0.15) is 5.69 Å². The van der Waals surface area contributed by atoms with Crippen LogP contribution in [0.3, 0.4) is 0 Å². The first-order valence-corrected chi connectivity index (χ1v) is 7.57. The second-order valence-electron chi connectivity index (χ2n) is 4.89. The summed E-state index contributed by atoms with van der Waals surface area (Å²) >= 11 is 1.51. The summed E-state index contributed by atoms with van der Waals surface area (Å²) in [4.78, 5) is 16.8. The fourth-order valence-electron chi connectivity index (χ4n) is 2.25. The van der Waals surface area contributed by atoms with Crippen molar-refractivity contribution >= 4 is 17.0 Å². The van der Waals surface area contributed by atoms with Crippen molar-refractivity contribution < 1.29 is 0 Å². The average Bonchev–Trinajstić information content (AvgIpc) is 3.21. The zero-order valence-electron chi connectivity index (χ0n) is 11.7. The van der Waals surface area contributed by atoms with Gasteiger partial charge in [0.15, 0.2) is 5.65 Å². The van der Waals surface area contributed by atoms with Gasteiger partial charge in [0.2, 0.25) is 0 Å². The van der Waals surface area contributed by atoms with Crippen molar-refractivity contribution in [3.63, 3.8) is 0 Å². The van der Waals surface area contributed by atoms with Crippen LogP contribution in [-0.4, -0.2) is 28.9 Å². The fourth-order valence-corrected chi connectivity index (χ4v) is 3.03. The maximum absolute atomic E-state index is 12.2. The first-order valence-electron chi connectivity index (χ1n) is 6.69. The van der Waals surface area contributed by atoms with Gasteiger partial charge in [-0.05, 0) is 18.2 Å². The van der Waals surface area contributed by atoms with Crippen LogP contribution >= 0.6 is 11.3 Å². The number of pyridine rings is 1. The third-order valence-corrected chi connectivity index (χ3v) is 4.20. The molecule has 4 rings (SSSR count). The molecule has 8 heteroatoms. The highest BCUT2D eigenvalue weighted by Crippen LogP contribution is 2.21. The number of nitrogens with zero attached hydrogens (tertiary/aromatic N) is 6. The molecule has 0 bridgehead atoms. The number of fused-ring (bicyclic) bond motifs is 1. The monoisotopic (exact) mass is 312 g/mol. The lowest BCUT2D eigenvalue weighted by molar-refractivity contribution is 0.649. The molecular formula is C14H12N6OS. The number of hydrogen-bond acceptors (Lipinski definition) is 5. The Morgan fingerprint density at radius 2 is 2.09 bits per heavy atom. The van der Waals surface area contributed by atoms with Crippen molar-refractivity contribution in [1.29, 1.82) is 0 Å². The summed E-state index contributed by atoms with van der Waals surface area (Å²) < 4.78 is 4.68. The molecule has 22 heavy (non-hydrogen) atoms. The van der Waals surface area contributed by atoms with Gasteiger partial charge in [-0.25, -0.2) is 14.5 Å². The standard InChI is InChI=1S/C14H12N6OS/c1-18-7-5-11(16-18)13-15-10(9-22-13)8-20-14(21)19-6-3-2-4-12(19)17-20/h2-7,9H,8H2,1H3. The molecule has 0 radical (unpaired) electrons. The average molecular weight is 312 g/mol. The summed E-state index contributed by atoms with van der Waals surface area (Å²) in [6.07, 6.45) is 3.59. The van der Waals surface area contributed by atoms with E-state index in [1.165, 1.54) is 20.4 Å². The molecule has 7 nitrogen and oxygen atoms in total. The molecule has 0 aliphatic heterocycles. The summed E-state index contributed by atoms with van der Waals surface area (Å²) in [5.74, 6) is 0. The molecule has 0 fully saturated rings. The maximum Gasteiger partial charge on any atom is 0.350 e. The largest absolute Gasteiger partial charge is 0.350 e. The van der Waals surface area contributed by atoms with E-state index >= 15 is 0 Å². The van der Waals surface area contributed by atoms with Gasteiger partial charge in [0.05, 0.1) is 12.2 Å². The second-order valence-corrected chi connectivity index (χ2v) is 5.75. The van der Waals surface area contributed by atoms with Crippen molar-refractivity contribution in [2.24, 2.45) is 7.05 Å². The molecule has 0 saturated carbocycles. The summed E-state index contributed by atoms with van der Waals surface area (Å²) in [6.45, 7) is 0.351. The molecule has 0 N–H and O–H groups in total. The summed E-state index contributed by atoms with van der Waals surface area (Å²) in [5, 5.41) is 11.4. The Kier molecular flexibility index (Phi) is 2.90. The molecule has 0 amide bonds. The van der Waals surface area contributed by atoms with E-state index in [0.717, 1.165) is 16.4 Å². The van der Waals surface area contributed by atoms with Crippen LogP contribution < -0.4 is 5.69 Å². The van der Waals surface area contributed by atoms with Crippen molar-refractivity contribution in [2.75, 3.05) is 0 Å². The van der Waals surface area contributed by atoms with Crippen LogP contribution in [0.15, 0.2) is 46.8 Å². The molecule has 0 aliphatic carbocycles. The first-order chi connectivity index (χ1) is 10.7. The fraction of sp³-hybridized carbons (Fsp3) is 0.143. The SMILES string of the molecule is Cn1ccc(-c2nc(Cn3nc4ccccn4c3=O)cs2)n1. The van der Waals surface area contributed by atoms with Crippen LogP contribution in [0.5, 0.6) is 0 Å². The number of aryl methyl sites for hydroxylation is 1. The van der Waals surface area contributed by atoms with Gasteiger partial charge in [0.25, 0.3) is 0 Å². The van der Waals surface area contributed by atoms with Gasteiger partial charge in [-0.2, -0.15) is 5.10 Å². The van der Waals surface area contributed by atoms with Gasteiger partial charge in [-0.3, -0.25) is 9.08 Å². The van der Waals surface area contributed by atoms with Crippen molar-refractivity contribution in [3.05, 3.63) is 58.2 Å². The lowest BCUT2D eigenvalue weighted by atomic mass is 10.4. The summed E-state index contributed by atoms with van der Waals surface area (Å²) in [6, 6.07) is 7.38. The Bertz CT molecular complexity index is 1010. The first kappa shape index (κ1) is 13.0. The highest BCUT2D eigenvalue weighted by Gasteiger charge is 2.11. The smallest absolute Gasteiger partial charge is 0.275 e. The van der Waals surface area contributed by atoms with Gasteiger partial charge in [0.1, 0.15) is 10.7 Å². The van der Waals surface area contributed by atoms with E-state index in [0.29, 0.717) is 12.2 Å². The molecule has 0 aliphatic rings. The van der Waals surface area contributed by atoms with Gasteiger partial charge in [-0.15, -0.1) is 16.4 Å². The molecule has 0 aromatic carbocycles. The van der Waals surface area contributed by atoms with Crippen LogP contribution in [0, 0.1) is 0 Å². The van der Waals surface area contributed by atoms with Gasteiger partial charge in [-0.1, -0.05) is 6.07 Å². The van der Waals surface area contributed by atoms with E-state index in [1.54, 1.807) is 16.9 Å². The molecule has 0 spiro atoms. The van der Waals surface area contributed by atoms with Crippen LogP contribution in [0.2, 0.25) is 0 Å². The van der Waals surface area contributed by atoms with E-state index in [9.17, 15) is 4.79 Å². The topological polar surface area (TPSA) is 70.0 Å². The molecule has 0 saturated heterocycles. The van der Waals surface area contributed by atoms with E-state index in [2.05, 4.69) is 15.2 Å². The molecular weight excluding hydrogens is 300 g/mol. The maximum atomic E-state index is 12.2. The predicted octanol–water partition coefficient (Wildman–Crippen LogP) is 1.40. The second kappa shape index (κ2) is 4.92. The zero-order valence-corrected chi connectivity index (χ0v) is 12.6. The molecule has 110 valence electrons. The molecule has 4 aromatic rings.